The van der Waals surface area contributed by atoms with Crippen molar-refractivity contribution in [1.82, 2.24) is 5.32 Å². The number of unbranched alkanes of at least 4 members (excludes halogenated alkanes) is 1. The number of aliphatic hydroxyl groups is 1. The van der Waals surface area contributed by atoms with E-state index in [4.69, 9.17) is 5.11 Å². The fourth-order valence-corrected chi connectivity index (χ4v) is 1.08. The summed E-state index contributed by atoms with van der Waals surface area (Å²) in [4.78, 5) is 11.1. The molecular formula is C13H21NO2. The third kappa shape index (κ3) is 10.7. The Kier molecular flexibility index (Phi) is 10.7. The van der Waals surface area contributed by atoms with Crippen molar-refractivity contribution in [3.05, 3.63) is 36.5 Å². The Bertz CT molecular complexity index is 255. The van der Waals surface area contributed by atoms with Crippen LogP contribution in [0.25, 0.3) is 0 Å². The zero-order valence-electron chi connectivity index (χ0n) is 9.86. The van der Waals surface area contributed by atoms with Gasteiger partial charge in [-0.15, -0.1) is 0 Å². The minimum atomic E-state index is 0.00137. The van der Waals surface area contributed by atoms with Gasteiger partial charge in [0.25, 0.3) is 0 Å². The molecular weight excluding hydrogens is 202 g/mol. The maximum absolute atomic E-state index is 11.1. The predicted octanol–water partition coefficient (Wildman–Crippen LogP) is 1.95. The zero-order chi connectivity index (χ0) is 12.1. The van der Waals surface area contributed by atoms with Crippen molar-refractivity contribution in [2.45, 2.75) is 26.2 Å². The summed E-state index contributed by atoms with van der Waals surface area (Å²) in [5, 5.41) is 11.1. The Hall–Kier alpha value is -1.35. The summed E-state index contributed by atoms with van der Waals surface area (Å²) in [6.45, 7) is 2.32. The molecule has 0 aromatic rings. The molecule has 2 N–H and O–H groups in total. The lowest BCUT2D eigenvalue weighted by Gasteiger charge is -2.00. The second kappa shape index (κ2) is 11.7. The largest absolute Gasteiger partial charge is 0.395 e. The van der Waals surface area contributed by atoms with Crippen LogP contribution < -0.4 is 5.32 Å². The van der Waals surface area contributed by atoms with Gasteiger partial charge in [0, 0.05) is 13.0 Å². The first-order valence-corrected chi connectivity index (χ1v) is 5.63. The number of hydrogen-bond acceptors (Lipinski definition) is 2. The van der Waals surface area contributed by atoms with Gasteiger partial charge in [0.2, 0.25) is 5.91 Å². The Morgan fingerprint density at radius 3 is 2.69 bits per heavy atom. The average molecular weight is 223 g/mol. The quantitative estimate of drug-likeness (QED) is 0.488. The summed E-state index contributed by atoms with van der Waals surface area (Å²) in [5.41, 5.74) is 0. The standard InChI is InChI=1S/C13H21NO2/c1-2-3-4-5-6-7-8-9-10-13(16)14-11-12-15/h2-7,15H,8-12H2,1H3,(H,14,16)/b3-2-,5-4-,7-6+. The molecule has 0 spiro atoms. The van der Waals surface area contributed by atoms with Crippen molar-refractivity contribution >= 4 is 5.91 Å². The van der Waals surface area contributed by atoms with Gasteiger partial charge in [0.15, 0.2) is 0 Å². The van der Waals surface area contributed by atoms with Gasteiger partial charge in [0.05, 0.1) is 6.61 Å². The molecule has 0 rings (SSSR count). The van der Waals surface area contributed by atoms with Crippen molar-refractivity contribution in [2.75, 3.05) is 13.2 Å². The van der Waals surface area contributed by atoms with E-state index in [-0.39, 0.29) is 12.5 Å². The third-order valence-corrected chi connectivity index (χ3v) is 1.87. The summed E-state index contributed by atoms with van der Waals surface area (Å²) < 4.78 is 0. The molecule has 0 fully saturated rings. The molecule has 0 heterocycles. The Balaban J connectivity index is 3.41. The van der Waals surface area contributed by atoms with Gasteiger partial charge >= 0.3 is 0 Å². The van der Waals surface area contributed by atoms with E-state index in [0.29, 0.717) is 13.0 Å². The third-order valence-electron chi connectivity index (χ3n) is 1.87. The number of nitrogens with one attached hydrogen (secondary N) is 1. The van der Waals surface area contributed by atoms with Crippen LogP contribution in [0.5, 0.6) is 0 Å². The Morgan fingerprint density at radius 1 is 1.25 bits per heavy atom. The molecule has 0 saturated heterocycles. The van der Waals surface area contributed by atoms with Crippen LogP contribution in [0, 0.1) is 0 Å². The molecule has 0 bridgehead atoms. The van der Waals surface area contributed by atoms with E-state index in [1.807, 2.05) is 43.4 Å². The molecule has 3 nitrogen and oxygen atoms in total. The SMILES string of the molecule is C\C=C/C=C\C=C\CCCC(=O)NCCO. The van der Waals surface area contributed by atoms with Gasteiger partial charge in [-0.25, -0.2) is 0 Å². The predicted molar refractivity (Wildman–Crippen MR) is 67.0 cm³/mol. The normalized spacial score (nSPS) is 11.9. The average Bonchev–Trinajstić information content (AvgIpc) is 2.30. The van der Waals surface area contributed by atoms with Crippen LogP contribution in [-0.4, -0.2) is 24.2 Å². The Labute approximate surface area is 97.6 Å². The molecule has 0 aromatic carbocycles. The van der Waals surface area contributed by atoms with E-state index in [9.17, 15) is 4.79 Å². The van der Waals surface area contributed by atoms with Gasteiger partial charge in [-0.2, -0.15) is 0 Å². The second-order valence-electron chi connectivity index (χ2n) is 3.30. The lowest BCUT2D eigenvalue weighted by atomic mass is 10.2. The number of aliphatic hydroxyl groups excluding tert-OH is 1. The van der Waals surface area contributed by atoms with E-state index in [0.717, 1.165) is 12.8 Å². The van der Waals surface area contributed by atoms with Crippen molar-refractivity contribution in [3.63, 3.8) is 0 Å². The first-order chi connectivity index (χ1) is 7.81. The van der Waals surface area contributed by atoms with Gasteiger partial charge in [0.1, 0.15) is 0 Å². The second-order valence-corrected chi connectivity index (χ2v) is 3.30. The van der Waals surface area contributed by atoms with Crippen molar-refractivity contribution in [2.24, 2.45) is 0 Å². The smallest absolute Gasteiger partial charge is 0.220 e. The summed E-state index contributed by atoms with van der Waals surface area (Å²) in [5.74, 6) is 0.00640. The highest BCUT2D eigenvalue weighted by Crippen LogP contribution is 1.96. The molecule has 0 saturated carbocycles. The first-order valence-electron chi connectivity index (χ1n) is 5.63. The Morgan fingerprint density at radius 2 is 2.00 bits per heavy atom. The van der Waals surface area contributed by atoms with E-state index in [1.54, 1.807) is 0 Å². The van der Waals surface area contributed by atoms with Gasteiger partial charge in [-0.05, 0) is 19.8 Å². The van der Waals surface area contributed by atoms with Crippen molar-refractivity contribution in [1.29, 1.82) is 0 Å². The molecule has 16 heavy (non-hydrogen) atoms. The van der Waals surface area contributed by atoms with Gasteiger partial charge < -0.3 is 10.4 Å². The number of hydrogen-bond donors (Lipinski definition) is 2. The molecule has 1 amide bonds. The fraction of sp³-hybridized carbons (Fsp3) is 0.462. The number of carbonyl (C=O) groups is 1. The lowest BCUT2D eigenvalue weighted by molar-refractivity contribution is -0.121. The number of amides is 1. The molecule has 0 unspecified atom stereocenters. The van der Waals surface area contributed by atoms with Crippen LogP contribution in [0.2, 0.25) is 0 Å². The highest BCUT2D eigenvalue weighted by Gasteiger charge is 1.97. The van der Waals surface area contributed by atoms with Crippen molar-refractivity contribution < 1.29 is 9.90 Å². The van der Waals surface area contributed by atoms with Crippen LogP contribution in [-0.2, 0) is 4.79 Å². The van der Waals surface area contributed by atoms with Crippen LogP contribution >= 0.6 is 0 Å². The number of allylic oxidation sites excluding steroid dienone is 6. The molecule has 3 heteroatoms. The highest BCUT2D eigenvalue weighted by atomic mass is 16.3. The molecule has 90 valence electrons. The van der Waals surface area contributed by atoms with Crippen LogP contribution in [0.3, 0.4) is 0 Å². The van der Waals surface area contributed by atoms with Crippen LogP contribution in [0.15, 0.2) is 36.5 Å². The minimum Gasteiger partial charge on any atom is -0.395 e. The molecule has 0 aliphatic heterocycles. The van der Waals surface area contributed by atoms with E-state index >= 15 is 0 Å². The molecule has 0 radical (unpaired) electrons. The van der Waals surface area contributed by atoms with E-state index in [2.05, 4.69) is 5.32 Å². The highest BCUT2D eigenvalue weighted by molar-refractivity contribution is 5.75. The molecule has 0 aromatic heterocycles. The topological polar surface area (TPSA) is 49.3 Å². The van der Waals surface area contributed by atoms with E-state index in [1.165, 1.54) is 0 Å². The fourth-order valence-electron chi connectivity index (χ4n) is 1.08. The maximum Gasteiger partial charge on any atom is 0.220 e. The summed E-state index contributed by atoms with van der Waals surface area (Å²) in [6, 6.07) is 0. The number of rotatable bonds is 8. The monoisotopic (exact) mass is 223 g/mol. The molecule has 0 aliphatic rings. The molecule has 0 aliphatic carbocycles. The zero-order valence-corrected chi connectivity index (χ0v) is 9.86. The number of carbonyl (C=O) groups excluding carboxylic acids is 1. The first kappa shape index (κ1) is 14.6. The van der Waals surface area contributed by atoms with Crippen LogP contribution in [0.4, 0.5) is 0 Å². The summed E-state index contributed by atoms with van der Waals surface area (Å²) in [6.07, 6.45) is 14.1. The van der Waals surface area contributed by atoms with E-state index < -0.39 is 0 Å². The summed E-state index contributed by atoms with van der Waals surface area (Å²) >= 11 is 0. The van der Waals surface area contributed by atoms with Gasteiger partial charge in [-0.1, -0.05) is 36.5 Å². The maximum atomic E-state index is 11.1. The molecule has 0 atom stereocenters. The van der Waals surface area contributed by atoms with Crippen molar-refractivity contribution in [3.8, 4) is 0 Å². The van der Waals surface area contributed by atoms with Crippen LogP contribution in [0.1, 0.15) is 26.2 Å². The summed E-state index contributed by atoms with van der Waals surface area (Å²) in [7, 11) is 0. The van der Waals surface area contributed by atoms with Gasteiger partial charge in [-0.3, -0.25) is 4.79 Å². The lowest BCUT2D eigenvalue weighted by Crippen LogP contribution is -2.25. The minimum absolute atomic E-state index is 0.00137.